The van der Waals surface area contributed by atoms with Crippen molar-refractivity contribution in [2.75, 3.05) is 5.75 Å². The number of rotatable bonds is 5. The topological polar surface area (TPSA) is 49.8 Å². The fourth-order valence-corrected chi connectivity index (χ4v) is 1.91. The summed E-state index contributed by atoms with van der Waals surface area (Å²) in [6.07, 6.45) is 1.73. The molecule has 1 fully saturated rings. The van der Waals surface area contributed by atoms with E-state index in [4.69, 9.17) is 9.84 Å². The second-order valence-electron chi connectivity index (χ2n) is 2.94. The van der Waals surface area contributed by atoms with Gasteiger partial charge in [0.2, 0.25) is 0 Å². The van der Waals surface area contributed by atoms with Gasteiger partial charge in [0.15, 0.2) is 0 Å². The summed E-state index contributed by atoms with van der Waals surface area (Å²) in [6, 6.07) is 0. The van der Waals surface area contributed by atoms with Crippen LogP contribution in [0, 0.1) is 0 Å². The molecule has 70 valence electrons. The van der Waals surface area contributed by atoms with Crippen LogP contribution in [0.3, 0.4) is 0 Å². The van der Waals surface area contributed by atoms with E-state index < -0.39 is 5.97 Å². The van der Waals surface area contributed by atoms with Crippen LogP contribution in [-0.2, 0) is 9.53 Å². The molecule has 0 bridgehead atoms. The standard InChI is InChI=1S/C8H14O3S/c1-3-6-7(11-6)4-12-5(2)8(9)10/h5-7H,3-4H2,1-2H3,(H,9,10). The van der Waals surface area contributed by atoms with Gasteiger partial charge in [0, 0.05) is 5.75 Å². The Hall–Kier alpha value is -0.220. The Bertz CT molecular complexity index is 172. The third-order valence-corrected chi connectivity index (χ3v) is 3.17. The van der Waals surface area contributed by atoms with Crippen LogP contribution in [0.1, 0.15) is 20.3 Å². The molecule has 3 atom stereocenters. The minimum absolute atomic E-state index is 0.307. The molecule has 1 heterocycles. The van der Waals surface area contributed by atoms with Crippen LogP contribution in [0.25, 0.3) is 0 Å². The van der Waals surface area contributed by atoms with Crippen LogP contribution in [0.4, 0.5) is 0 Å². The molecule has 1 aliphatic heterocycles. The van der Waals surface area contributed by atoms with Gasteiger partial charge >= 0.3 is 5.97 Å². The van der Waals surface area contributed by atoms with E-state index in [0.717, 1.165) is 12.2 Å². The first kappa shape index (κ1) is 9.86. The maximum Gasteiger partial charge on any atom is 0.316 e. The van der Waals surface area contributed by atoms with Crippen molar-refractivity contribution < 1.29 is 14.6 Å². The SMILES string of the molecule is CCC1OC1CSC(C)C(=O)O. The molecular formula is C8H14O3S. The molecule has 1 rings (SSSR count). The molecular weight excluding hydrogens is 176 g/mol. The quantitative estimate of drug-likeness (QED) is 0.665. The van der Waals surface area contributed by atoms with E-state index in [1.165, 1.54) is 11.8 Å². The summed E-state index contributed by atoms with van der Waals surface area (Å²) >= 11 is 1.45. The summed E-state index contributed by atoms with van der Waals surface area (Å²) in [5.74, 6) is 0.0695. The summed E-state index contributed by atoms with van der Waals surface area (Å²) in [5, 5.41) is 8.26. The predicted octanol–water partition coefficient (Wildman–Crippen LogP) is 1.37. The smallest absolute Gasteiger partial charge is 0.316 e. The van der Waals surface area contributed by atoms with Gasteiger partial charge in [-0.15, -0.1) is 11.8 Å². The molecule has 1 N–H and O–H groups in total. The number of hydrogen-bond donors (Lipinski definition) is 1. The average Bonchev–Trinajstić information content (AvgIpc) is 2.78. The first-order valence-corrected chi connectivity index (χ1v) is 5.20. The van der Waals surface area contributed by atoms with Gasteiger partial charge in [-0.1, -0.05) is 6.92 Å². The highest BCUT2D eigenvalue weighted by molar-refractivity contribution is 8.00. The van der Waals surface area contributed by atoms with Crippen LogP contribution in [0.5, 0.6) is 0 Å². The highest BCUT2D eigenvalue weighted by Gasteiger charge is 2.37. The lowest BCUT2D eigenvalue weighted by Gasteiger charge is -2.02. The summed E-state index contributed by atoms with van der Waals surface area (Å²) in [6.45, 7) is 3.78. The number of thioether (sulfide) groups is 1. The Morgan fingerprint density at radius 3 is 2.75 bits per heavy atom. The van der Waals surface area contributed by atoms with Crippen molar-refractivity contribution in [1.29, 1.82) is 0 Å². The second-order valence-corrected chi connectivity index (χ2v) is 4.31. The molecule has 0 aromatic rings. The molecule has 0 aromatic heterocycles. The molecule has 0 spiro atoms. The Morgan fingerprint density at radius 2 is 2.33 bits per heavy atom. The molecule has 0 radical (unpaired) electrons. The lowest BCUT2D eigenvalue weighted by Crippen LogP contribution is -2.13. The third-order valence-electron chi connectivity index (χ3n) is 1.95. The maximum atomic E-state index is 10.4. The monoisotopic (exact) mass is 190 g/mol. The molecule has 0 amide bonds. The Morgan fingerprint density at radius 1 is 1.67 bits per heavy atom. The van der Waals surface area contributed by atoms with Gasteiger partial charge in [-0.25, -0.2) is 0 Å². The largest absolute Gasteiger partial charge is 0.480 e. The van der Waals surface area contributed by atoms with Crippen molar-refractivity contribution in [3.63, 3.8) is 0 Å². The molecule has 3 nitrogen and oxygen atoms in total. The van der Waals surface area contributed by atoms with Crippen molar-refractivity contribution in [2.45, 2.75) is 37.7 Å². The van der Waals surface area contributed by atoms with Crippen molar-refractivity contribution in [3.05, 3.63) is 0 Å². The summed E-state index contributed by atoms with van der Waals surface area (Å²) in [4.78, 5) is 10.4. The fraction of sp³-hybridized carbons (Fsp3) is 0.875. The van der Waals surface area contributed by atoms with Crippen molar-refractivity contribution in [1.82, 2.24) is 0 Å². The highest BCUT2D eigenvalue weighted by Crippen LogP contribution is 2.29. The Labute approximate surface area is 76.5 Å². The van der Waals surface area contributed by atoms with Crippen LogP contribution in [0.2, 0.25) is 0 Å². The molecule has 0 aromatic carbocycles. The van der Waals surface area contributed by atoms with Gasteiger partial charge in [-0.3, -0.25) is 4.79 Å². The van der Waals surface area contributed by atoms with E-state index in [0.29, 0.717) is 12.2 Å². The molecule has 1 aliphatic rings. The summed E-state index contributed by atoms with van der Waals surface area (Å²) in [5.41, 5.74) is 0. The minimum Gasteiger partial charge on any atom is -0.480 e. The van der Waals surface area contributed by atoms with Gasteiger partial charge in [0.1, 0.15) is 0 Å². The number of ether oxygens (including phenoxy) is 1. The molecule has 0 aliphatic carbocycles. The van der Waals surface area contributed by atoms with E-state index in [9.17, 15) is 4.79 Å². The Kier molecular flexibility index (Phi) is 3.40. The van der Waals surface area contributed by atoms with Crippen LogP contribution in [-0.4, -0.2) is 34.3 Å². The predicted molar refractivity (Wildman–Crippen MR) is 48.5 cm³/mol. The number of carboxylic acids is 1. The molecule has 12 heavy (non-hydrogen) atoms. The minimum atomic E-state index is -0.742. The van der Waals surface area contributed by atoms with Gasteiger partial charge in [0.05, 0.1) is 17.5 Å². The highest BCUT2D eigenvalue weighted by atomic mass is 32.2. The third kappa shape index (κ3) is 2.68. The van der Waals surface area contributed by atoms with Gasteiger partial charge in [-0.2, -0.15) is 0 Å². The fourth-order valence-electron chi connectivity index (χ4n) is 0.995. The van der Waals surface area contributed by atoms with Crippen molar-refractivity contribution >= 4 is 17.7 Å². The number of carboxylic acid groups (broad SMARTS) is 1. The molecule has 1 saturated heterocycles. The van der Waals surface area contributed by atoms with Crippen LogP contribution in [0.15, 0.2) is 0 Å². The zero-order chi connectivity index (χ0) is 9.14. The first-order valence-electron chi connectivity index (χ1n) is 4.15. The number of epoxide rings is 1. The van der Waals surface area contributed by atoms with Crippen molar-refractivity contribution in [2.24, 2.45) is 0 Å². The zero-order valence-electron chi connectivity index (χ0n) is 7.32. The van der Waals surface area contributed by atoms with Gasteiger partial charge in [-0.05, 0) is 13.3 Å². The molecule has 3 unspecified atom stereocenters. The number of carbonyl (C=O) groups is 1. The Balaban J connectivity index is 2.07. The van der Waals surface area contributed by atoms with E-state index in [1.54, 1.807) is 6.92 Å². The number of hydrogen-bond acceptors (Lipinski definition) is 3. The lowest BCUT2D eigenvalue weighted by atomic mass is 10.3. The molecule has 4 heteroatoms. The summed E-state index contributed by atoms with van der Waals surface area (Å²) in [7, 11) is 0. The van der Waals surface area contributed by atoms with E-state index in [2.05, 4.69) is 6.92 Å². The van der Waals surface area contributed by atoms with E-state index in [-0.39, 0.29) is 5.25 Å². The second kappa shape index (κ2) is 4.14. The molecule has 0 saturated carbocycles. The number of aliphatic carboxylic acids is 1. The normalized spacial score (nSPS) is 29.8. The van der Waals surface area contributed by atoms with E-state index in [1.807, 2.05) is 0 Å². The van der Waals surface area contributed by atoms with Gasteiger partial charge < -0.3 is 9.84 Å². The van der Waals surface area contributed by atoms with Crippen molar-refractivity contribution in [3.8, 4) is 0 Å². The maximum absolute atomic E-state index is 10.4. The average molecular weight is 190 g/mol. The first-order chi connectivity index (χ1) is 5.65. The van der Waals surface area contributed by atoms with Gasteiger partial charge in [0.25, 0.3) is 0 Å². The van der Waals surface area contributed by atoms with Crippen LogP contribution < -0.4 is 0 Å². The lowest BCUT2D eigenvalue weighted by molar-refractivity contribution is -0.136. The van der Waals surface area contributed by atoms with Crippen LogP contribution >= 0.6 is 11.8 Å². The summed E-state index contributed by atoms with van der Waals surface area (Å²) < 4.78 is 5.28. The zero-order valence-corrected chi connectivity index (χ0v) is 8.13. The van der Waals surface area contributed by atoms with E-state index >= 15 is 0 Å².